The fourth-order valence-electron chi connectivity index (χ4n) is 3.68. The summed E-state index contributed by atoms with van der Waals surface area (Å²) in [5.41, 5.74) is 4.54. The Morgan fingerprint density at radius 2 is 1.84 bits per heavy atom. The number of hydrogen-bond donors (Lipinski definition) is 2. The number of aliphatic hydroxyl groups excluding tert-OH is 1. The van der Waals surface area contributed by atoms with Crippen molar-refractivity contribution in [3.05, 3.63) is 53.6 Å². The fraction of sp³-hybridized carbons (Fsp3) is 0.300. The van der Waals surface area contributed by atoms with Gasteiger partial charge >= 0.3 is 0 Å². The Kier molecular flexibility index (Phi) is 10.4. The Morgan fingerprint density at radius 3 is 2.42 bits per heavy atom. The highest BCUT2D eigenvalue weighted by Crippen LogP contribution is 2.39. The number of rotatable bonds is 4. The molecule has 0 spiro atoms. The molecule has 1 amide bonds. The number of piperidine rings is 1. The first-order valence-corrected chi connectivity index (χ1v) is 9.54. The SMILES string of the molecule is Cl.Cl.O.O=C(CO)N1CCC(c2[nH]nc(-c3ccc(Cl)cc3)c2-c2ccncn2)CC1. The molecule has 8 nitrogen and oxygen atoms in total. The number of aliphatic hydroxyl groups is 1. The van der Waals surface area contributed by atoms with Crippen LogP contribution < -0.4 is 0 Å². The predicted molar refractivity (Wildman–Crippen MR) is 124 cm³/mol. The first-order valence-electron chi connectivity index (χ1n) is 9.16. The summed E-state index contributed by atoms with van der Waals surface area (Å²) in [4.78, 5) is 21.9. The van der Waals surface area contributed by atoms with Crippen molar-refractivity contribution in [2.75, 3.05) is 19.7 Å². The minimum Gasteiger partial charge on any atom is -0.412 e. The number of carbonyl (C=O) groups is 1. The molecule has 0 saturated carbocycles. The number of likely N-dealkylation sites (tertiary alicyclic amines) is 1. The molecule has 168 valence electrons. The topological polar surface area (TPSA) is 126 Å². The van der Waals surface area contributed by atoms with Crippen molar-refractivity contribution in [1.29, 1.82) is 0 Å². The summed E-state index contributed by atoms with van der Waals surface area (Å²) in [7, 11) is 0. The van der Waals surface area contributed by atoms with E-state index in [1.165, 1.54) is 6.33 Å². The van der Waals surface area contributed by atoms with E-state index in [2.05, 4.69) is 20.2 Å². The van der Waals surface area contributed by atoms with Crippen molar-refractivity contribution in [3.63, 3.8) is 0 Å². The van der Waals surface area contributed by atoms with Gasteiger partial charge in [0.1, 0.15) is 18.6 Å². The van der Waals surface area contributed by atoms with E-state index in [-0.39, 0.29) is 42.1 Å². The Bertz CT molecular complexity index is 962. The molecule has 11 heteroatoms. The third kappa shape index (κ3) is 5.72. The summed E-state index contributed by atoms with van der Waals surface area (Å²) in [6, 6.07) is 9.44. The van der Waals surface area contributed by atoms with Gasteiger partial charge in [0, 0.05) is 47.0 Å². The van der Waals surface area contributed by atoms with Crippen molar-refractivity contribution in [3.8, 4) is 22.5 Å². The molecule has 31 heavy (non-hydrogen) atoms. The maximum Gasteiger partial charge on any atom is 0.248 e. The molecule has 4 N–H and O–H groups in total. The summed E-state index contributed by atoms with van der Waals surface area (Å²) in [5.74, 6) is 0.00203. The third-order valence-corrected chi connectivity index (χ3v) is 5.39. The summed E-state index contributed by atoms with van der Waals surface area (Å²) in [6.07, 6.45) is 4.84. The Hall–Kier alpha value is -2.23. The standard InChI is InChI=1S/C20H20ClN5O2.2ClH.H2O/c21-15-3-1-13(2-4-15)19-18(16-5-8-22-12-23-16)20(25-24-19)14-6-9-26(10-7-14)17(28)11-27;;;/h1-5,8,12,14,27H,6-7,9-11H2,(H,24,25);2*1H;1H2. The second kappa shape index (κ2) is 12.0. The predicted octanol–water partition coefficient (Wildman–Crippen LogP) is 2.90. The molecule has 1 fully saturated rings. The van der Waals surface area contributed by atoms with Crippen LogP contribution in [0.5, 0.6) is 0 Å². The van der Waals surface area contributed by atoms with Gasteiger partial charge in [0.25, 0.3) is 0 Å². The largest absolute Gasteiger partial charge is 0.412 e. The number of benzene rings is 1. The Morgan fingerprint density at radius 1 is 1.16 bits per heavy atom. The first-order chi connectivity index (χ1) is 13.7. The molecular formula is C20H24Cl3N5O3. The highest BCUT2D eigenvalue weighted by molar-refractivity contribution is 6.30. The quantitative estimate of drug-likeness (QED) is 0.584. The van der Waals surface area contributed by atoms with Crippen LogP contribution in [0.25, 0.3) is 22.5 Å². The van der Waals surface area contributed by atoms with Gasteiger partial charge in [-0.25, -0.2) is 9.97 Å². The number of aromatic amines is 1. The number of nitrogens with one attached hydrogen (secondary N) is 1. The molecule has 0 atom stereocenters. The van der Waals surface area contributed by atoms with E-state index in [0.717, 1.165) is 41.1 Å². The van der Waals surface area contributed by atoms with Crippen molar-refractivity contribution in [1.82, 2.24) is 25.1 Å². The maximum absolute atomic E-state index is 11.7. The molecule has 3 aromatic rings. The lowest BCUT2D eigenvalue weighted by atomic mass is 9.89. The zero-order chi connectivity index (χ0) is 19.5. The molecule has 1 aliphatic rings. The molecule has 0 bridgehead atoms. The van der Waals surface area contributed by atoms with Crippen molar-refractivity contribution in [2.24, 2.45) is 0 Å². The van der Waals surface area contributed by atoms with Gasteiger partial charge in [-0.15, -0.1) is 24.8 Å². The molecule has 1 aromatic carbocycles. The minimum absolute atomic E-state index is 0. The van der Waals surface area contributed by atoms with Gasteiger partial charge in [0.15, 0.2) is 0 Å². The van der Waals surface area contributed by atoms with E-state index < -0.39 is 6.61 Å². The average molecular weight is 489 g/mol. The van der Waals surface area contributed by atoms with E-state index in [9.17, 15) is 4.79 Å². The molecule has 0 aliphatic carbocycles. The normalized spacial score (nSPS) is 13.5. The van der Waals surface area contributed by atoms with Crippen molar-refractivity contribution >= 4 is 42.3 Å². The van der Waals surface area contributed by atoms with Crippen LogP contribution in [0.15, 0.2) is 42.9 Å². The molecule has 4 rings (SSSR count). The van der Waals surface area contributed by atoms with E-state index in [1.54, 1.807) is 11.1 Å². The minimum atomic E-state index is -0.443. The average Bonchev–Trinajstić information content (AvgIpc) is 3.19. The summed E-state index contributed by atoms with van der Waals surface area (Å²) >= 11 is 6.04. The smallest absolute Gasteiger partial charge is 0.248 e. The zero-order valence-electron chi connectivity index (χ0n) is 16.5. The molecule has 3 heterocycles. The van der Waals surface area contributed by atoms with E-state index >= 15 is 0 Å². The number of H-pyrrole nitrogens is 1. The van der Waals surface area contributed by atoms with E-state index in [4.69, 9.17) is 16.7 Å². The zero-order valence-corrected chi connectivity index (χ0v) is 18.9. The number of carbonyl (C=O) groups excluding carboxylic acids is 1. The molecule has 0 unspecified atom stereocenters. The lowest BCUT2D eigenvalue weighted by Gasteiger charge is -2.31. The molecule has 1 saturated heterocycles. The van der Waals surface area contributed by atoms with Gasteiger partial charge in [-0.1, -0.05) is 23.7 Å². The van der Waals surface area contributed by atoms with Crippen LogP contribution >= 0.6 is 36.4 Å². The van der Waals surface area contributed by atoms with Crippen LogP contribution in [-0.4, -0.2) is 61.3 Å². The highest BCUT2D eigenvalue weighted by atomic mass is 35.5. The van der Waals surface area contributed by atoms with Crippen molar-refractivity contribution in [2.45, 2.75) is 18.8 Å². The van der Waals surface area contributed by atoms with E-state index in [1.807, 2.05) is 30.3 Å². The fourth-order valence-corrected chi connectivity index (χ4v) is 3.81. The molecular weight excluding hydrogens is 465 g/mol. The van der Waals surface area contributed by atoms with Gasteiger partial charge in [-0.3, -0.25) is 9.89 Å². The number of halogens is 3. The summed E-state index contributed by atoms with van der Waals surface area (Å²) < 4.78 is 0. The molecule has 2 aromatic heterocycles. The van der Waals surface area contributed by atoms with Gasteiger partial charge < -0.3 is 15.5 Å². The van der Waals surface area contributed by atoms with Gasteiger partial charge in [-0.2, -0.15) is 5.10 Å². The van der Waals surface area contributed by atoms with Crippen LogP contribution in [0.2, 0.25) is 5.02 Å². The monoisotopic (exact) mass is 487 g/mol. The van der Waals surface area contributed by atoms with E-state index in [0.29, 0.717) is 18.1 Å². The van der Waals surface area contributed by atoms with Crippen LogP contribution in [-0.2, 0) is 4.79 Å². The number of nitrogens with zero attached hydrogens (tertiary/aromatic N) is 4. The lowest BCUT2D eigenvalue weighted by Crippen LogP contribution is -2.39. The van der Waals surface area contributed by atoms with Crippen LogP contribution in [0.3, 0.4) is 0 Å². The summed E-state index contributed by atoms with van der Waals surface area (Å²) in [5, 5.41) is 17.6. The second-order valence-electron chi connectivity index (χ2n) is 6.78. The first kappa shape index (κ1) is 26.8. The molecule has 0 radical (unpaired) electrons. The van der Waals surface area contributed by atoms with Gasteiger partial charge in [0.2, 0.25) is 5.91 Å². The van der Waals surface area contributed by atoms with Crippen molar-refractivity contribution < 1.29 is 15.4 Å². The van der Waals surface area contributed by atoms with Crippen LogP contribution in [0.1, 0.15) is 24.5 Å². The second-order valence-corrected chi connectivity index (χ2v) is 7.21. The van der Waals surface area contributed by atoms with Gasteiger partial charge in [0.05, 0.1) is 5.69 Å². The molecule has 1 aliphatic heterocycles. The number of hydrogen-bond acceptors (Lipinski definition) is 5. The number of aromatic nitrogens is 4. The lowest BCUT2D eigenvalue weighted by molar-refractivity contribution is -0.135. The highest BCUT2D eigenvalue weighted by Gasteiger charge is 2.28. The Balaban J connectivity index is 0.00000160. The third-order valence-electron chi connectivity index (χ3n) is 5.14. The Labute approximate surface area is 197 Å². The number of amides is 1. The summed E-state index contributed by atoms with van der Waals surface area (Å²) in [6.45, 7) is 0.784. The van der Waals surface area contributed by atoms with Crippen LogP contribution in [0.4, 0.5) is 0 Å². The van der Waals surface area contributed by atoms with Gasteiger partial charge in [-0.05, 0) is 31.0 Å². The van der Waals surface area contributed by atoms with Crippen LogP contribution in [0, 0.1) is 0 Å². The maximum atomic E-state index is 11.7.